The maximum atomic E-state index is 13.8. The fourth-order valence-electron chi connectivity index (χ4n) is 2.70. The van der Waals surface area contributed by atoms with Crippen LogP contribution < -0.4 is 10.1 Å². The topological polar surface area (TPSA) is 75.6 Å². The molecule has 26 heavy (non-hydrogen) atoms. The van der Waals surface area contributed by atoms with E-state index in [1.807, 2.05) is 0 Å². The van der Waals surface area contributed by atoms with Gasteiger partial charge >= 0.3 is 5.97 Å². The van der Waals surface area contributed by atoms with Crippen molar-refractivity contribution in [1.29, 1.82) is 0 Å². The summed E-state index contributed by atoms with van der Waals surface area (Å²) in [6.07, 6.45) is -0.805. The van der Waals surface area contributed by atoms with E-state index in [1.54, 1.807) is 31.2 Å². The number of nitrogens with one attached hydrogen (secondary N) is 1. The normalized spacial score (nSPS) is 12.9. The number of ether oxygens (including phenoxy) is 1. The third kappa shape index (κ3) is 4.56. The zero-order chi connectivity index (χ0) is 19.3. The first-order valence-electron chi connectivity index (χ1n) is 7.85. The van der Waals surface area contributed by atoms with Gasteiger partial charge in [0.05, 0.1) is 25.5 Å². The van der Waals surface area contributed by atoms with E-state index in [4.69, 9.17) is 4.74 Å². The van der Waals surface area contributed by atoms with E-state index in [0.29, 0.717) is 11.3 Å². The van der Waals surface area contributed by atoms with Crippen LogP contribution in [0.1, 0.15) is 24.5 Å². The van der Waals surface area contributed by atoms with Gasteiger partial charge in [-0.05, 0) is 30.7 Å². The number of hydrogen-bond donors (Lipinski definition) is 2. The molecule has 0 aliphatic heterocycles. The number of carboxylic acid groups (broad SMARTS) is 1. The number of aliphatic carboxylic acids is 1. The first kappa shape index (κ1) is 19.4. The van der Waals surface area contributed by atoms with Gasteiger partial charge in [-0.3, -0.25) is 9.59 Å². The Kier molecular flexibility index (Phi) is 5.92. The van der Waals surface area contributed by atoms with Crippen molar-refractivity contribution in [2.75, 3.05) is 7.11 Å². The van der Waals surface area contributed by atoms with Crippen LogP contribution in [0.15, 0.2) is 42.5 Å². The average molecular weight is 363 g/mol. The van der Waals surface area contributed by atoms with Crippen LogP contribution >= 0.6 is 0 Å². The second-order valence-electron chi connectivity index (χ2n) is 6.07. The van der Waals surface area contributed by atoms with Crippen LogP contribution in [0.25, 0.3) is 0 Å². The highest BCUT2D eigenvalue weighted by Gasteiger charge is 2.32. The maximum absolute atomic E-state index is 13.8. The molecular weight excluding hydrogens is 344 g/mol. The summed E-state index contributed by atoms with van der Waals surface area (Å²) in [6.45, 7) is 1.55. The van der Waals surface area contributed by atoms with Gasteiger partial charge in [0.25, 0.3) is 0 Å². The molecule has 2 N–H and O–H groups in total. The molecule has 0 saturated heterocycles. The summed E-state index contributed by atoms with van der Waals surface area (Å²) in [5.41, 5.74) is -0.834. The Hall–Kier alpha value is -2.96. The quantitative estimate of drug-likeness (QED) is 0.793. The predicted molar refractivity (Wildman–Crippen MR) is 90.8 cm³/mol. The summed E-state index contributed by atoms with van der Waals surface area (Å²) in [7, 11) is 1.47. The molecule has 5 nitrogen and oxygen atoms in total. The summed E-state index contributed by atoms with van der Waals surface area (Å²) in [5, 5.41) is 11.9. The second kappa shape index (κ2) is 7.95. The molecule has 0 heterocycles. The average Bonchev–Trinajstić information content (AvgIpc) is 2.58. The van der Waals surface area contributed by atoms with Gasteiger partial charge in [-0.15, -0.1) is 0 Å². The van der Waals surface area contributed by atoms with Crippen molar-refractivity contribution < 1.29 is 28.2 Å². The highest BCUT2D eigenvalue weighted by molar-refractivity contribution is 5.81. The van der Waals surface area contributed by atoms with Crippen LogP contribution in [-0.2, 0) is 21.5 Å². The van der Waals surface area contributed by atoms with Crippen LogP contribution in [-0.4, -0.2) is 24.1 Å². The number of benzene rings is 2. The fraction of sp³-hybridized carbons (Fsp3) is 0.263. The molecule has 0 aliphatic carbocycles. The Bertz CT molecular complexity index is 825. The zero-order valence-corrected chi connectivity index (χ0v) is 14.4. The highest BCUT2D eigenvalue weighted by atomic mass is 19.2. The Morgan fingerprint density at radius 1 is 1.19 bits per heavy atom. The summed E-state index contributed by atoms with van der Waals surface area (Å²) < 4.78 is 32.2. The molecule has 7 heteroatoms. The maximum Gasteiger partial charge on any atom is 0.306 e. The van der Waals surface area contributed by atoms with Gasteiger partial charge < -0.3 is 15.2 Å². The number of halogens is 2. The molecule has 138 valence electrons. The van der Waals surface area contributed by atoms with Gasteiger partial charge in [-0.1, -0.05) is 24.3 Å². The minimum Gasteiger partial charge on any atom is -0.497 e. The minimum atomic E-state index is -1.25. The number of carbonyl (C=O) groups is 2. The third-order valence-corrected chi connectivity index (χ3v) is 4.01. The van der Waals surface area contributed by atoms with Crippen molar-refractivity contribution in [1.82, 2.24) is 5.32 Å². The first-order valence-corrected chi connectivity index (χ1v) is 7.85. The lowest BCUT2D eigenvalue weighted by Crippen LogP contribution is -2.45. The molecule has 0 saturated carbocycles. The van der Waals surface area contributed by atoms with Gasteiger partial charge in [-0.2, -0.15) is 0 Å². The number of carboxylic acids is 1. The highest BCUT2D eigenvalue weighted by Crippen LogP contribution is 2.28. The van der Waals surface area contributed by atoms with E-state index in [-0.39, 0.29) is 5.56 Å². The molecule has 1 atom stereocenters. The van der Waals surface area contributed by atoms with E-state index in [0.717, 1.165) is 6.07 Å². The number of rotatable bonds is 7. The van der Waals surface area contributed by atoms with Gasteiger partial charge in [0.1, 0.15) is 5.75 Å². The standard InChI is InChI=1S/C19H19F2NO4/c1-19(11-17(24)25,13-6-4-7-14(10-13)26-2)22-16(23)9-12-5-3-8-15(20)18(12)21/h3-8,10H,9,11H2,1-2H3,(H,22,23)(H,24,25). The lowest BCUT2D eigenvalue weighted by molar-refractivity contribution is -0.139. The largest absolute Gasteiger partial charge is 0.497 e. The SMILES string of the molecule is COc1cccc(C(C)(CC(=O)O)NC(=O)Cc2cccc(F)c2F)c1. The van der Waals surface area contributed by atoms with E-state index < -0.39 is 41.9 Å². The smallest absolute Gasteiger partial charge is 0.306 e. The third-order valence-electron chi connectivity index (χ3n) is 4.01. The van der Waals surface area contributed by atoms with Crippen LogP contribution in [0, 0.1) is 11.6 Å². The van der Waals surface area contributed by atoms with Crippen LogP contribution in [0.2, 0.25) is 0 Å². The van der Waals surface area contributed by atoms with E-state index in [9.17, 15) is 23.5 Å². The summed E-state index contributed by atoms with van der Waals surface area (Å²) >= 11 is 0. The fourth-order valence-corrected chi connectivity index (χ4v) is 2.70. The molecule has 0 aromatic heterocycles. The number of hydrogen-bond acceptors (Lipinski definition) is 3. The van der Waals surface area contributed by atoms with Gasteiger partial charge in [0, 0.05) is 5.56 Å². The van der Waals surface area contributed by atoms with Crippen LogP contribution in [0.3, 0.4) is 0 Å². The number of amides is 1. The van der Waals surface area contributed by atoms with E-state index >= 15 is 0 Å². The molecule has 2 aromatic rings. The Morgan fingerprint density at radius 3 is 2.54 bits per heavy atom. The summed E-state index contributed by atoms with van der Waals surface area (Å²) in [4.78, 5) is 23.7. The first-order chi connectivity index (χ1) is 12.2. The second-order valence-corrected chi connectivity index (χ2v) is 6.07. The van der Waals surface area contributed by atoms with Gasteiger partial charge in [0.2, 0.25) is 5.91 Å². The molecule has 0 aliphatic rings. The van der Waals surface area contributed by atoms with Crippen molar-refractivity contribution in [2.24, 2.45) is 0 Å². The van der Waals surface area contributed by atoms with Crippen molar-refractivity contribution in [3.63, 3.8) is 0 Å². The van der Waals surface area contributed by atoms with Gasteiger partial charge in [0.15, 0.2) is 11.6 Å². The molecular formula is C19H19F2NO4. The number of carbonyl (C=O) groups excluding carboxylic acids is 1. The van der Waals surface area contributed by atoms with Crippen LogP contribution in [0.4, 0.5) is 8.78 Å². The number of methoxy groups -OCH3 is 1. The molecule has 0 radical (unpaired) electrons. The molecule has 0 spiro atoms. The van der Waals surface area contributed by atoms with Crippen molar-refractivity contribution in [2.45, 2.75) is 25.3 Å². The lowest BCUT2D eigenvalue weighted by Gasteiger charge is -2.30. The molecule has 2 aromatic carbocycles. The Balaban J connectivity index is 2.27. The Morgan fingerprint density at radius 2 is 1.88 bits per heavy atom. The zero-order valence-electron chi connectivity index (χ0n) is 14.4. The van der Waals surface area contributed by atoms with E-state index in [2.05, 4.69) is 5.32 Å². The van der Waals surface area contributed by atoms with Crippen molar-refractivity contribution in [3.8, 4) is 5.75 Å². The molecule has 2 rings (SSSR count). The Labute approximate surface area is 149 Å². The molecule has 0 bridgehead atoms. The minimum absolute atomic E-state index is 0.106. The van der Waals surface area contributed by atoms with Gasteiger partial charge in [-0.25, -0.2) is 8.78 Å². The monoisotopic (exact) mass is 363 g/mol. The molecule has 1 unspecified atom stereocenters. The molecule has 1 amide bonds. The summed E-state index contributed by atoms with van der Waals surface area (Å²) in [5.74, 6) is -3.38. The van der Waals surface area contributed by atoms with Crippen molar-refractivity contribution >= 4 is 11.9 Å². The summed E-state index contributed by atoms with van der Waals surface area (Å²) in [6, 6.07) is 10.2. The van der Waals surface area contributed by atoms with Crippen LogP contribution in [0.5, 0.6) is 5.75 Å². The molecule has 0 fully saturated rings. The van der Waals surface area contributed by atoms with E-state index in [1.165, 1.54) is 19.2 Å². The lowest BCUT2D eigenvalue weighted by atomic mass is 9.88. The van der Waals surface area contributed by atoms with Crippen molar-refractivity contribution in [3.05, 3.63) is 65.2 Å². The predicted octanol–water partition coefficient (Wildman–Crippen LogP) is 3.02.